The molecule has 0 bridgehead atoms. The molecule has 1 atom stereocenters. The Bertz CT molecular complexity index is 1290. The van der Waals surface area contributed by atoms with Gasteiger partial charge in [-0.1, -0.05) is 6.07 Å². The van der Waals surface area contributed by atoms with Crippen LogP contribution in [0.2, 0.25) is 0 Å². The van der Waals surface area contributed by atoms with Gasteiger partial charge in [-0.3, -0.25) is 4.79 Å². The molecule has 10 nitrogen and oxygen atoms in total. The maximum absolute atomic E-state index is 14.2. The molecule has 166 valence electrons. The number of hydrogen-bond donors (Lipinski definition) is 1. The van der Waals surface area contributed by atoms with Gasteiger partial charge in [-0.15, -0.1) is 10.2 Å². The van der Waals surface area contributed by atoms with E-state index in [0.29, 0.717) is 36.8 Å². The molecule has 0 unspecified atom stereocenters. The lowest BCUT2D eigenvalue weighted by Gasteiger charge is -2.32. The van der Waals surface area contributed by atoms with Crippen molar-refractivity contribution in [1.29, 1.82) is 0 Å². The van der Waals surface area contributed by atoms with Crippen molar-refractivity contribution in [2.75, 3.05) is 13.2 Å². The molecule has 1 aliphatic rings. The van der Waals surface area contributed by atoms with E-state index < -0.39 is 17.6 Å². The van der Waals surface area contributed by atoms with Crippen LogP contribution in [-0.4, -0.2) is 53.7 Å². The maximum atomic E-state index is 14.2. The first-order valence-corrected chi connectivity index (χ1v) is 10.3. The second-order valence-corrected chi connectivity index (χ2v) is 8.01. The number of rotatable bonds is 5. The topological polar surface area (TPSA) is 114 Å². The molecule has 4 aromatic heterocycles. The van der Waals surface area contributed by atoms with Crippen LogP contribution in [0.5, 0.6) is 5.88 Å². The molecule has 0 saturated heterocycles. The molecular formula is C21H22FN7O3. The van der Waals surface area contributed by atoms with Crippen molar-refractivity contribution in [3.63, 3.8) is 0 Å². The van der Waals surface area contributed by atoms with Gasteiger partial charge in [-0.05, 0) is 32.9 Å². The van der Waals surface area contributed by atoms with Crippen LogP contribution >= 0.6 is 0 Å². The monoisotopic (exact) mass is 439 g/mol. The number of carbonyl (C=O) groups excluding carboxylic acids is 1. The zero-order valence-corrected chi connectivity index (χ0v) is 17.9. The van der Waals surface area contributed by atoms with Gasteiger partial charge in [0.15, 0.2) is 5.67 Å². The molecule has 5 rings (SSSR count). The van der Waals surface area contributed by atoms with Gasteiger partial charge in [0, 0.05) is 24.7 Å². The van der Waals surface area contributed by atoms with E-state index in [2.05, 4.69) is 20.2 Å². The van der Waals surface area contributed by atoms with Gasteiger partial charge < -0.3 is 19.0 Å². The minimum atomic E-state index is -1.85. The molecule has 0 saturated carbocycles. The van der Waals surface area contributed by atoms with Crippen molar-refractivity contribution in [1.82, 2.24) is 34.7 Å². The average Bonchev–Trinajstić information content (AvgIpc) is 3.51. The highest BCUT2D eigenvalue weighted by Crippen LogP contribution is 2.35. The molecule has 0 aromatic carbocycles. The van der Waals surface area contributed by atoms with Crippen LogP contribution in [0, 0.1) is 0 Å². The van der Waals surface area contributed by atoms with Gasteiger partial charge >= 0.3 is 11.8 Å². The number of alkyl halides is 1. The number of nitrogens with zero attached hydrogens (tertiary/aromatic N) is 6. The van der Waals surface area contributed by atoms with Gasteiger partial charge in [0.05, 0.1) is 29.8 Å². The van der Waals surface area contributed by atoms with E-state index in [1.807, 2.05) is 31.2 Å². The number of fused-ring (bicyclic) bond motifs is 2. The number of pyridine rings is 1. The number of halogens is 1. The molecule has 0 aliphatic carbocycles. The predicted molar refractivity (Wildman–Crippen MR) is 110 cm³/mol. The normalized spacial score (nSPS) is 16.4. The van der Waals surface area contributed by atoms with Crippen molar-refractivity contribution in [3.8, 4) is 5.88 Å². The third kappa shape index (κ3) is 3.29. The largest absolute Gasteiger partial charge is 0.478 e. The zero-order valence-electron chi connectivity index (χ0n) is 17.9. The molecule has 4 aromatic rings. The van der Waals surface area contributed by atoms with Crippen LogP contribution in [0.4, 0.5) is 4.39 Å². The van der Waals surface area contributed by atoms with Crippen molar-refractivity contribution in [2.45, 2.75) is 38.9 Å². The first-order chi connectivity index (χ1) is 15.4. The molecule has 0 spiro atoms. The molecule has 1 aliphatic heterocycles. The summed E-state index contributed by atoms with van der Waals surface area (Å²) in [6.45, 7) is 5.36. The Morgan fingerprint density at radius 3 is 2.97 bits per heavy atom. The van der Waals surface area contributed by atoms with Crippen LogP contribution in [0.25, 0.3) is 5.52 Å². The van der Waals surface area contributed by atoms with Gasteiger partial charge in [0.25, 0.3) is 5.89 Å². The van der Waals surface area contributed by atoms with Gasteiger partial charge in [-0.2, -0.15) is 5.10 Å². The van der Waals surface area contributed by atoms with Crippen LogP contribution in [0.3, 0.4) is 0 Å². The quantitative estimate of drug-likeness (QED) is 0.508. The van der Waals surface area contributed by atoms with Gasteiger partial charge in [-0.25, -0.2) is 13.9 Å². The number of nitrogens with one attached hydrogen (secondary N) is 1. The molecule has 0 radical (unpaired) electrons. The molecule has 32 heavy (non-hydrogen) atoms. The van der Waals surface area contributed by atoms with E-state index >= 15 is 0 Å². The van der Waals surface area contributed by atoms with Crippen LogP contribution in [0.15, 0.2) is 35.0 Å². The fourth-order valence-electron chi connectivity index (χ4n) is 3.87. The van der Waals surface area contributed by atoms with Crippen LogP contribution in [-0.2, 0) is 12.1 Å². The highest BCUT2D eigenvalue weighted by atomic mass is 19.1. The number of aromatic amines is 1. The van der Waals surface area contributed by atoms with Crippen LogP contribution < -0.4 is 4.74 Å². The number of ether oxygens (including phenoxy) is 1. The molecule has 0 fully saturated rings. The average molecular weight is 439 g/mol. The first kappa shape index (κ1) is 20.2. The van der Waals surface area contributed by atoms with E-state index in [0.717, 1.165) is 11.2 Å². The highest BCUT2D eigenvalue weighted by Gasteiger charge is 2.39. The third-order valence-electron chi connectivity index (χ3n) is 5.35. The van der Waals surface area contributed by atoms with Gasteiger partial charge in [0.2, 0.25) is 5.88 Å². The zero-order chi connectivity index (χ0) is 22.5. The second-order valence-electron chi connectivity index (χ2n) is 8.01. The summed E-state index contributed by atoms with van der Waals surface area (Å²) in [6.07, 6.45) is 2.17. The van der Waals surface area contributed by atoms with Crippen molar-refractivity contribution in [3.05, 3.63) is 59.5 Å². The Morgan fingerprint density at radius 1 is 1.38 bits per heavy atom. The fourth-order valence-corrected chi connectivity index (χ4v) is 3.87. The first-order valence-electron chi connectivity index (χ1n) is 10.3. The lowest BCUT2D eigenvalue weighted by Crippen LogP contribution is -2.41. The third-order valence-corrected chi connectivity index (χ3v) is 5.35. The van der Waals surface area contributed by atoms with E-state index in [4.69, 9.17) is 14.3 Å². The second kappa shape index (κ2) is 7.43. The van der Waals surface area contributed by atoms with Crippen LogP contribution in [0.1, 0.15) is 60.5 Å². The summed E-state index contributed by atoms with van der Waals surface area (Å²) in [5.74, 6) is -0.426. The Labute approximate surface area is 182 Å². The van der Waals surface area contributed by atoms with E-state index in [1.54, 1.807) is 15.7 Å². The Morgan fingerprint density at radius 2 is 2.22 bits per heavy atom. The number of aromatic nitrogens is 6. The number of carbonyl (C=O) groups is 1. The van der Waals surface area contributed by atoms with E-state index in [1.165, 1.54) is 13.8 Å². The maximum Gasteiger partial charge on any atom is 0.312 e. The molecule has 1 amide bonds. The lowest BCUT2D eigenvalue weighted by atomic mass is 9.99. The summed E-state index contributed by atoms with van der Waals surface area (Å²) in [4.78, 5) is 22.5. The van der Waals surface area contributed by atoms with Crippen molar-refractivity contribution in [2.24, 2.45) is 0 Å². The summed E-state index contributed by atoms with van der Waals surface area (Å²) in [6, 6.07) is 6.93. The minimum absolute atomic E-state index is 0.246. The Hall–Kier alpha value is -3.76. The molecule has 5 heterocycles. The smallest absolute Gasteiger partial charge is 0.312 e. The standard InChI is InChI=1S/C21H22FN7O3/c1-4-31-15-7-5-6-12-10-14(27-29(12)15)17-16-13(23-11-24-16)8-9-28(17)19(30)18-25-26-20(32-18)21(2,3)22/h5-7,10-11,17H,4,8-9H2,1-3H3,(H,23,24)/t17-/m0/s1. The minimum Gasteiger partial charge on any atom is -0.478 e. The summed E-state index contributed by atoms with van der Waals surface area (Å²) in [7, 11) is 0. The SMILES string of the molecule is CCOc1cccc2cc([C@H]3c4nc[nH]c4CCN3C(=O)c3nnc(C(C)(C)F)o3)nn12. The molecular weight excluding hydrogens is 417 g/mol. The molecule has 11 heteroatoms. The van der Waals surface area contributed by atoms with Crippen molar-refractivity contribution >= 4 is 11.4 Å². The van der Waals surface area contributed by atoms with E-state index in [-0.39, 0.29) is 11.8 Å². The number of amides is 1. The summed E-state index contributed by atoms with van der Waals surface area (Å²) in [5.41, 5.74) is 1.21. The summed E-state index contributed by atoms with van der Waals surface area (Å²) in [5, 5.41) is 12.2. The Balaban J connectivity index is 1.58. The lowest BCUT2D eigenvalue weighted by molar-refractivity contribution is 0.0636. The van der Waals surface area contributed by atoms with Gasteiger partial charge in [0.1, 0.15) is 6.04 Å². The van der Waals surface area contributed by atoms with E-state index in [9.17, 15) is 9.18 Å². The summed E-state index contributed by atoms with van der Waals surface area (Å²) < 4.78 is 26.9. The summed E-state index contributed by atoms with van der Waals surface area (Å²) >= 11 is 0. The molecule has 1 N–H and O–H groups in total. The number of imidazole rings is 1. The highest BCUT2D eigenvalue weighted by molar-refractivity contribution is 5.90. The van der Waals surface area contributed by atoms with Crippen molar-refractivity contribution < 1.29 is 18.3 Å². The fraction of sp³-hybridized carbons (Fsp3) is 0.381. The predicted octanol–water partition coefficient (Wildman–Crippen LogP) is 2.83. The number of H-pyrrole nitrogens is 1. The Kier molecular flexibility index (Phi) is 4.68. The number of hydrogen-bond acceptors (Lipinski definition) is 7.